The van der Waals surface area contributed by atoms with Crippen molar-refractivity contribution in [3.05, 3.63) is 5.82 Å². The maximum atomic E-state index is 12.1. The number of aromatic nitrogens is 3. The van der Waals surface area contributed by atoms with Crippen LogP contribution in [0.25, 0.3) is 0 Å². The van der Waals surface area contributed by atoms with Gasteiger partial charge in [0, 0.05) is 20.1 Å². The van der Waals surface area contributed by atoms with Gasteiger partial charge in [0.1, 0.15) is 5.82 Å². The molecule has 2 N–H and O–H groups in total. The molecule has 0 bridgehead atoms. The predicted molar refractivity (Wildman–Crippen MR) is 74.6 cm³/mol. The van der Waals surface area contributed by atoms with Crippen LogP contribution in [0.2, 0.25) is 0 Å². The monoisotopic (exact) mass is 283 g/mol. The number of hydrogen-bond donors (Lipinski definition) is 1. The molecule has 6 nitrogen and oxygen atoms in total. The van der Waals surface area contributed by atoms with Crippen LogP contribution in [0.5, 0.6) is 0 Å². The fourth-order valence-corrected chi connectivity index (χ4v) is 2.96. The molecule has 0 radical (unpaired) electrons. The lowest BCUT2D eigenvalue weighted by Crippen LogP contribution is -2.38. The Morgan fingerprint density at radius 3 is 2.68 bits per heavy atom. The third-order valence-corrected chi connectivity index (χ3v) is 4.57. The predicted octanol–water partition coefficient (Wildman–Crippen LogP) is 0.624. The topological polar surface area (TPSA) is 77.0 Å². The van der Waals surface area contributed by atoms with Crippen LogP contribution in [0.3, 0.4) is 0 Å². The van der Waals surface area contributed by atoms with Gasteiger partial charge in [-0.3, -0.25) is 4.79 Å². The summed E-state index contributed by atoms with van der Waals surface area (Å²) in [4.78, 5) is 14.0. The van der Waals surface area contributed by atoms with Crippen molar-refractivity contribution in [1.29, 1.82) is 0 Å². The van der Waals surface area contributed by atoms with Gasteiger partial charge in [-0.2, -0.15) is 0 Å². The molecule has 7 heteroatoms. The highest BCUT2D eigenvalue weighted by atomic mass is 32.2. The van der Waals surface area contributed by atoms with Crippen molar-refractivity contribution in [2.45, 2.75) is 31.5 Å². The normalized spacial score (nSPS) is 16.9. The van der Waals surface area contributed by atoms with Crippen molar-refractivity contribution in [2.75, 3.05) is 18.8 Å². The van der Waals surface area contributed by atoms with Crippen molar-refractivity contribution in [3.63, 3.8) is 0 Å². The Morgan fingerprint density at radius 2 is 2.11 bits per heavy atom. The van der Waals surface area contributed by atoms with E-state index < -0.39 is 0 Å². The smallest absolute Gasteiger partial charge is 0.233 e. The zero-order chi connectivity index (χ0) is 13.8. The molecule has 0 saturated carbocycles. The van der Waals surface area contributed by atoms with E-state index >= 15 is 0 Å². The van der Waals surface area contributed by atoms with Gasteiger partial charge in [-0.25, -0.2) is 0 Å². The molecule has 0 spiro atoms. The van der Waals surface area contributed by atoms with Crippen LogP contribution in [-0.2, 0) is 18.4 Å². The van der Waals surface area contributed by atoms with Crippen molar-refractivity contribution in [3.8, 4) is 0 Å². The van der Waals surface area contributed by atoms with Crippen LogP contribution < -0.4 is 5.73 Å². The fraction of sp³-hybridized carbons (Fsp3) is 0.750. The molecular formula is C12H21N5OS. The molecule has 0 unspecified atom stereocenters. The van der Waals surface area contributed by atoms with E-state index in [1.807, 2.05) is 16.5 Å². The molecule has 1 aromatic rings. The molecule has 1 aromatic heterocycles. The minimum absolute atomic E-state index is 0.189. The number of rotatable bonds is 4. The number of carbonyl (C=O) groups is 1. The Balaban J connectivity index is 1.84. The molecular weight excluding hydrogens is 262 g/mol. The van der Waals surface area contributed by atoms with Crippen molar-refractivity contribution in [1.82, 2.24) is 19.7 Å². The van der Waals surface area contributed by atoms with Gasteiger partial charge in [0.25, 0.3) is 0 Å². The third-order valence-electron chi connectivity index (χ3n) is 3.57. The number of nitrogens with two attached hydrogens (primary N) is 1. The highest BCUT2D eigenvalue weighted by Crippen LogP contribution is 2.19. The summed E-state index contributed by atoms with van der Waals surface area (Å²) in [7, 11) is 1.87. The first-order valence-corrected chi connectivity index (χ1v) is 7.59. The summed E-state index contributed by atoms with van der Waals surface area (Å²) in [5, 5.41) is 8.77. The summed E-state index contributed by atoms with van der Waals surface area (Å²) in [5.41, 5.74) is 5.54. The molecule has 2 rings (SSSR count). The van der Waals surface area contributed by atoms with Crippen LogP contribution in [-0.4, -0.2) is 44.4 Å². The van der Waals surface area contributed by atoms with Gasteiger partial charge in [-0.05, 0) is 18.8 Å². The minimum Gasteiger partial charge on any atom is -0.342 e. The zero-order valence-electron chi connectivity index (χ0n) is 11.5. The second kappa shape index (κ2) is 6.38. The second-order valence-corrected chi connectivity index (χ2v) is 5.96. The van der Waals surface area contributed by atoms with Gasteiger partial charge >= 0.3 is 0 Å². The highest BCUT2D eigenvalue weighted by molar-refractivity contribution is 7.99. The van der Waals surface area contributed by atoms with E-state index in [-0.39, 0.29) is 5.91 Å². The maximum Gasteiger partial charge on any atom is 0.233 e. The molecule has 1 aliphatic heterocycles. The molecule has 0 aromatic carbocycles. The molecule has 1 amide bonds. The Bertz CT molecular complexity index is 439. The lowest BCUT2D eigenvalue weighted by Gasteiger charge is -2.30. The minimum atomic E-state index is 0.189. The summed E-state index contributed by atoms with van der Waals surface area (Å²) in [6, 6.07) is 0. The average molecular weight is 283 g/mol. The molecule has 1 fully saturated rings. The van der Waals surface area contributed by atoms with Crippen molar-refractivity contribution in [2.24, 2.45) is 18.7 Å². The van der Waals surface area contributed by atoms with Crippen LogP contribution in [0, 0.1) is 5.92 Å². The molecule has 0 atom stereocenters. The maximum absolute atomic E-state index is 12.1. The van der Waals surface area contributed by atoms with Gasteiger partial charge in [0.15, 0.2) is 5.16 Å². The molecule has 1 aliphatic rings. The molecule has 19 heavy (non-hydrogen) atoms. The number of carbonyl (C=O) groups excluding carboxylic acids is 1. The van der Waals surface area contributed by atoms with E-state index in [0.29, 0.717) is 12.3 Å². The summed E-state index contributed by atoms with van der Waals surface area (Å²) in [5.74, 6) is 2.09. The summed E-state index contributed by atoms with van der Waals surface area (Å²) >= 11 is 1.43. The van der Waals surface area contributed by atoms with E-state index in [4.69, 9.17) is 5.73 Å². The van der Waals surface area contributed by atoms with Crippen LogP contribution in [0.15, 0.2) is 5.16 Å². The SMILES string of the molecule is CC1CCN(C(=O)CSc2nnc(CN)n2C)CC1. The van der Waals surface area contributed by atoms with Gasteiger partial charge in [0.2, 0.25) is 5.91 Å². The van der Waals surface area contributed by atoms with Gasteiger partial charge < -0.3 is 15.2 Å². The molecule has 1 saturated heterocycles. The van der Waals surface area contributed by atoms with Crippen molar-refractivity contribution >= 4 is 17.7 Å². The van der Waals surface area contributed by atoms with Gasteiger partial charge in [-0.15, -0.1) is 10.2 Å². The van der Waals surface area contributed by atoms with Gasteiger partial charge in [0.05, 0.1) is 12.3 Å². The number of thioether (sulfide) groups is 1. The molecule has 106 valence electrons. The summed E-state index contributed by atoms with van der Waals surface area (Å²) in [6.45, 7) is 4.37. The van der Waals surface area contributed by atoms with Crippen LogP contribution >= 0.6 is 11.8 Å². The zero-order valence-corrected chi connectivity index (χ0v) is 12.3. The van der Waals surface area contributed by atoms with E-state index in [1.54, 1.807) is 0 Å². The lowest BCUT2D eigenvalue weighted by atomic mass is 9.99. The number of amides is 1. The molecule has 0 aliphatic carbocycles. The Morgan fingerprint density at radius 1 is 1.42 bits per heavy atom. The fourth-order valence-electron chi connectivity index (χ4n) is 2.12. The first-order chi connectivity index (χ1) is 9.11. The van der Waals surface area contributed by atoms with E-state index in [1.165, 1.54) is 11.8 Å². The Kier molecular flexibility index (Phi) is 4.81. The number of piperidine rings is 1. The number of hydrogen-bond acceptors (Lipinski definition) is 5. The molecule has 2 heterocycles. The van der Waals surface area contributed by atoms with Crippen molar-refractivity contribution < 1.29 is 4.79 Å². The van der Waals surface area contributed by atoms with E-state index in [2.05, 4.69) is 17.1 Å². The Labute approximate surface area is 117 Å². The Hall–Kier alpha value is -1.08. The summed E-state index contributed by atoms with van der Waals surface area (Å²) < 4.78 is 1.84. The highest BCUT2D eigenvalue weighted by Gasteiger charge is 2.20. The standard InChI is InChI=1S/C12H21N5OS/c1-9-3-5-17(6-4-9)11(18)8-19-12-15-14-10(7-13)16(12)2/h9H,3-8,13H2,1-2H3. The van der Waals surface area contributed by atoms with E-state index in [9.17, 15) is 4.79 Å². The van der Waals surface area contributed by atoms with Crippen LogP contribution in [0.1, 0.15) is 25.6 Å². The van der Waals surface area contributed by atoms with Crippen LogP contribution in [0.4, 0.5) is 0 Å². The number of likely N-dealkylation sites (tertiary alicyclic amines) is 1. The second-order valence-electron chi connectivity index (χ2n) is 5.01. The first-order valence-electron chi connectivity index (χ1n) is 6.60. The quantitative estimate of drug-likeness (QED) is 0.820. The summed E-state index contributed by atoms with van der Waals surface area (Å²) in [6.07, 6.45) is 2.22. The largest absolute Gasteiger partial charge is 0.342 e. The first kappa shape index (κ1) is 14.3. The number of nitrogens with zero attached hydrogens (tertiary/aromatic N) is 4. The third kappa shape index (κ3) is 3.48. The van der Waals surface area contributed by atoms with Gasteiger partial charge in [-0.1, -0.05) is 18.7 Å². The van der Waals surface area contributed by atoms with E-state index in [0.717, 1.165) is 42.8 Å². The average Bonchev–Trinajstić information content (AvgIpc) is 2.77. The lowest BCUT2D eigenvalue weighted by molar-refractivity contribution is -0.129.